The van der Waals surface area contributed by atoms with Crippen LogP contribution in [0.5, 0.6) is 0 Å². The third kappa shape index (κ3) is 4.76. The Hall–Kier alpha value is -3.77. The summed E-state index contributed by atoms with van der Waals surface area (Å²) in [5.74, 6) is -0.0385. The molecule has 0 spiro atoms. The maximum Gasteiger partial charge on any atom is 0.338 e. The Bertz CT molecular complexity index is 1700. The van der Waals surface area contributed by atoms with E-state index in [0.717, 1.165) is 28.3 Å². The fourth-order valence-corrected chi connectivity index (χ4v) is 6.03. The van der Waals surface area contributed by atoms with Gasteiger partial charge in [0, 0.05) is 0 Å². The van der Waals surface area contributed by atoms with Gasteiger partial charge in [0.05, 0.1) is 28.5 Å². The highest BCUT2D eigenvalue weighted by Crippen LogP contribution is 2.33. The molecule has 0 radical (unpaired) electrons. The average Bonchev–Trinajstić information content (AvgIpc) is 3.23. The molecule has 5 nitrogen and oxygen atoms in total. The summed E-state index contributed by atoms with van der Waals surface area (Å²) in [6.07, 6.45) is 3.40. The van der Waals surface area contributed by atoms with Crippen molar-refractivity contribution in [2.24, 2.45) is 4.99 Å². The molecular formula is C32H32N2O3S. The van der Waals surface area contributed by atoms with Gasteiger partial charge in [-0.3, -0.25) is 9.36 Å². The Morgan fingerprint density at radius 2 is 1.79 bits per heavy atom. The Kier molecular flexibility index (Phi) is 7.43. The van der Waals surface area contributed by atoms with Crippen LogP contribution in [0.3, 0.4) is 0 Å². The minimum absolute atomic E-state index is 0.156. The third-order valence-corrected chi connectivity index (χ3v) is 7.90. The zero-order valence-electron chi connectivity index (χ0n) is 22.2. The summed E-state index contributed by atoms with van der Waals surface area (Å²) in [6.45, 7) is 8.41. The van der Waals surface area contributed by atoms with Crippen molar-refractivity contribution in [1.29, 1.82) is 0 Å². The molecule has 0 aliphatic carbocycles. The molecule has 1 atom stereocenters. The van der Waals surface area contributed by atoms with Crippen LogP contribution >= 0.6 is 11.3 Å². The number of carbonyl (C=O) groups is 1. The summed E-state index contributed by atoms with van der Waals surface area (Å²) in [7, 11) is 0. The van der Waals surface area contributed by atoms with E-state index in [1.54, 1.807) is 11.5 Å². The molecule has 6 heteroatoms. The fourth-order valence-electron chi connectivity index (χ4n) is 5.02. The molecule has 1 aromatic heterocycles. The number of benzene rings is 3. The number of carbonyl (C=O) groups excluding carboxylic acids is 1. The first kappa shape index (κ1) is 25.9. The molecule has 0 amide bonds. The highest BCUT2D eigenvalue weighted by molar-refractivity contribution is 7.07. The van der Waals surface area contributed by atoms with Gasteiger partial charge in [-0.25, -0.2) is 9.79 Å². The van der Waals surface area contributed by atoms with Crippen LogP contribution in [0.25, 0.3) is 16.8 Å². The van der Waals surface area contributed by atoms with Gasteiger partial charge in [0.25, 0.3) is 5.56 Å². The van der Waals surface area contributed by atoms with Crippen molar-refractivity contribution in [1.82, 2.24) is 4.57 Å². The number of rotatable bonds is 7. The van der Waals surface area contributed by atoms with Gasteiger partial charge in [0.1, 0.15) is 0 Å². The lowest BCUT2D eigenvalue weighted by molar-refractivity contribution is -0.139. The Morgan fingerprint density at radius 3 is 2.50 bits per heavy atom. The Balaban J connectivity index is 1.76. The Morgan fingerprint density at radius 1 is 1.05 bits per heavy atom. The van der Waals surface area contributed by atoms with Crippen LogP contribution in [-0.2, 0) is 9.53 Å². The SMILES string of the molecule is CCCC1=C(C(=O)OCC)[C@@H](c2ccc(C(C)C)cc2)n2c(s/c(=C\c3cccc4ccccc34)c2=O)=N1. The zero-order valence-corrected chi connectivity index (χ0v) is 23.0. The molecule has 0 bridgehead atoms. The number of nitrogens with zero attached hydrogens (tertiary/aromatic N) is 2. The summed E-state index contributed by atoms with van der Waals surface area (Å²) in [5.41, 5.74) is 4.05. The molecule has 4 aromatic rings. The summed E-state index contributed by atoms with van der Waals surface area (Å²) < 4.78 is 7.77. The van der Waals surface area contributed by atoms with Crippen LogP contribution in [-0.4, -0.2) is 17.1 Å². The quantitative estimate of drug-likeness (QED) is 0.285. The number of aromatic nitrogens is 1. The number of allylic oxidation sites excluding steroid dienone is 1. The molecule has 38 heavy (non-hydrogen) atoms. The third-order valence-electron chi connectivity index (χ3n) is 6.92. The Labute approximate surface area is 226 Å². The molecular weight excluding hydrogens is 492 g/mol. The second kappa shape index (κ2) is 10.9. The number of fused-ring (bicyclic) bond motifs is 2. The monoisotopic (exact) mass is 524 g/mol. The van der Waals surface area contributed by atoms with E-state index >= 15 is 0 Å². The minimum atomic E-state index is -0.595. The standard InChI is InChI=1S/C32H32N2O3S/c1-5-10-26-28(31(36)37-6-2)29(23-17-15-21(16-18-23)20(3)4)34-30(35)27(38-32(34)33-26)19-24-13-9-12-22-11-7-8-14-25(22)24/h7-9,11-20,29H,5-6,10H2,1-4H3/b27-19-/t29-/m1/s1. The predicted molar refractivity (Wildman–Crippen MR) is 154 cm³/mol. The van der Waals surface area contributed by atoms with E-state index in [2.05, 4.69) is 51.1 Å². The van der Waals surface area contributed by atoms with Crippen LogP contribution in [0.15, 0.2) is 87.8 Å². The van der Waals surface area contributed by atoms with E-state index in [9.17, 15) is 9.59 Å². The number of hydrogen-bond donors (Lipinski definition) is 0. The lowest BCUT2D eigenvalue weighted by Gasteiger charge is -2.26. The summed E-state index contributed by atoms with van der Waals surface area (Å²) >= 11 is 1.37. The van der Waals surface area contributed by atoms with Gasteiger partial charge in [-0.2, -0.15) is 0 Å². The summed E-state index contributed by atoms with van der Waals surface area (Å²) in [4.78, 5) is 32.8. The van der Waals surface area contributed by atoms with E-state index < -0.39 is 12.0 Å². The zero-order chi connectivity index (χ0) is 26.8. The van der Waals surface area contributed by atoms with Crippen molar-refractivity contribution >= 4 is 34.2 Å². The lowest BCUT2D eigenvalue weighted by atomic mass is 9.92. The van der Waals surface area contributed by atoms with Crippen molar-refractivity contribution in [3.8, 4) is 0 Å². The molecule has 5 rings (SSSR count). The van der Waals surface area contributed by atoms with E-state index in [4.69, 9.17) is 9.73 Å². The molecule has 0 saturated carbocycles. The van der Waals surface area contributed by atoms with Crippen molar-refractivity contribution in [2.45, 2.75) is 52.5 Å². The van der Waals surface area contributed by atoms with E-state index in [1.807, 2.05) is 42.5 Å². The van der Waals surface area contributed by atoms with Gasteiger partial charge in [-0.05, 0) is 52.8 Å². The second-order valence-electron chi connectivity index (χ2n) is 9.80. The smallest absolute Gasteiger partial charge is 0.338 e. The minimum Gasteiger partial charge on any atom is -0.463 e. The first-order valence-electron chi connectivity index (χ1n) is 13.2. The molecule has 0 N–H and O–H groups in total. The fraction of sp³-hybridized carbons (Fsp3) is 0.281. The molecule has 2 heterocycles. The molecule has 1 aliphatic heterocycles. The summed E-state index contributed by atoms with van der Waals surface area (Å²) in [5, 5.41) is 2.20. The number of ether oxygens (including phenoxy) is 1. The van der Waals surface area contributed by atoms with Crippen molar-refractivity contribution in [2.75, 3.05) is 6.61 Å². The molecule has 0 unspecified atom stereocenters. The van der Waals surface area contributed by atoms with E-state index in [0.29, 0.717) is 32.9 Å². The number of esters is 1. The van der Waals surface area contributed by atoms with Gasteiger partial charge in [0.2, 0.25) is 0 Å². The maximum absolute atomic E-state index is 14.0. The van der Waals surface area contributed by atoms with Crippen LogP contribution in [0.2, 0.25) is 0 Å². The van der Waals surface area contributed by atoms with Gasteiger partial charge in [0.15, 0.2) is 4.80 Å². The van der Waals surface area contributed by atoms with Crippen LogP contribution in [0.1, 0.15) is 69.2 Å². The van der Waals surface area contributed by atoms with E-state index in [-0.39, 0.29) is 12.2 Å². The normalized spacial score (nSPS) is 15.6. The highest BCUT2D eigenvalue weighted by atomic mass is 32.1. The van der Waals surface area contributed by atoms with Gasteiger partial charge < -0.3 is 4.74 Å². The van der Waals surface area contributed by atoms with Crippen molar-refractivity contribution in [3.63, 3.8) is 0 Å². The maximum atomic E-state index is 14.0. The van der Waals surface area contributed by atoms with Crippen LogP contribution in [0.4, 0.5) is 0 Å². The largest absolute Gasteiger partial charge is 0.463 e. The summed E-state index contributed by atoms with van der Waals surface area (Å²) in [6, 6.07) is 21.8. The highest BCUT2D eigenvalue weighted by Gasteiger charge is 2.34. The predicted octanol–water partition coefficient (Wildman–Crippen LogP) is 5.86. The lowest BCUT2D eigenvalue weighted by Crippen LogP contribution is -2.40. The molecule has 3 aromatic carbocycles. The van der Waals surface area contributed by atoms with Crippen LogP contribution in [0, 0.1) is 0 Å². The van der Waals surface area contributed by atoms with Crippen molar-refractivity contribution in [3.05, 3.63) is 114 Å². The first-order valence-corrected chi connectivity index (χ1v) is 14.0. The van der Waals surface area contributed by atoms with Gasteiger partial charge in [-0.15, -0.1) is 0 Å². The molecule has 0 saturated heterocycles. The topological polar surface area (TPSA) is 60.7 Å². The first-order chi connectivity index (χ1) is 18.4. The van der Waals surface area contributed by atoms with Gasteiger partial charge in [-0.1, -0.05) is 105 Å². The van der Waals surface area contributed by atoms with Crippen LogP contribution < -0.4 is 14.9 Å². The second-order valence-corrected chi connectivity index (χ2v) is 10.8. The van der Waals surface area contributed by atoms with E-state index in [1.165, 1.54) is 16.9 Å². The molecule has 194 valence electrons. The van der Waals surface area contributed by atoms with Crippen molar-refractivity contribution < 1.29 is 9.53 Å². The number of hydrogen-bond acceptors (Lipinski definition) is 5. The van der Waals surface area contributed by atoms with Gasteiger partial charge >= 0.3 is 5.97 Å². The molecule has 0 fully saturated rings. The average molecular weight is 525 g/mol. The number of thiazole rings is 1. The molecule has 1 aliphatic rings.